The van der Waals surface area contributed by atoms with Crippen LogP contribution in [0.2, 0.25) is 0 Å². The lowest BCUT2D eigenvalue weighted by Crippen LogP contribution is -2.33. The molecule has 2 heterocycles. The third-order valence-corrected chi connectivity index (χ3v) is 4.32. The Morgan fingerprint density at radius 3 is 3.00 bits per heavy atom. The van der Waals surface area contributed by atoms with E-state index >= 15 is 0 Å². The van der Waals surface area contributed by atoms with Gasteiger partial charge in [-0.3, -0.25) is 0 Å². The van der Waals surface area contributed by atoms with E-state index in [1.807, 2.05) is 24.3 Å². The van der Waals surface area contributed by atoms with Crippen LogP contribution >= 0.6 is 0 Å². The highest BCUT2D eigenvalue weighted by Crippen LogP contribution is 2.29. The van der Waals surface area contributed by atoms with E-state index in [-0.39, 0.29) is 11.9 Å². The number of hydrogen-bond donors (Lipinski definition) is 2. The fraction of sp³-hybridized carbons (Fsp3) is 0.200. The van der Waals surface area contributed by atoms with Crippen molar-refractivity contribution in [3.63, 3.8) is 0 Å². The van der Waals surface area contributed by atoms with E-state index in [1.54, 1.807) is 6.07 Å². The van der Waals surface area contributed by atoms with E-state index in [0.717, 1.165) is 17.8 Å². The van der Waals surface area contributed by atoms with Crippen molar-refractivity contribution in [1.82, 2.24) is 15.3 Å². The van der Waals surface area contributed by atoms with Gasteiger partial charge in [-0.1, -0.05) is 12.0 Å². The standard InChI is InChI=1S/C20H17FN4O/c1-2-13-4-3-5-14(8-13)25-20-16-9-17(21)15(10-18(16)23-12-24-20)19-11-22-6-7-26-19/h1,3-5,8-10,12,19,22H,6-7,11H2,(H,23,24,25). The van der Waals surface area contributed by atoms with Gasteiger partial charge in [-0.25, -0.2) is 14.4 Å². The molecule has 1 aliphatic heterocycles. The zero-order chi connectivity index (χ0) is 17.9. The molecule has 0 amide bonds. The molecule has 0 saturated carbocycles. The molecule has 1 unspecified atom stereocenters. The Bertz CT molecular complexity index is 993. The lowest BCUT2D eigenvalue weighted by molar-refractivity contribution is 0.0256. The van der Waals surface area contributed by atoms with Crippen LogP contribution in [0.5, 0.6) is 0 Å². The van der Waals surface area contributed by atoms with E-state index in [9.17, 15) is 4.39 Å². The predicted molar refractivity (Wildman–Crippen MR) is 98.7 cm³/mol. The van der Waals surface area contributed by atoms with Crippen LogP contribution in [0.3, 0.4) is 0 Å². The van der Waals surface area contributed by atoms with Crippen molar-refractivity contribution in [2.45, 2.75) is 6.10 Å². The highest BCUT2D eigenvalue weighted by atomic mass is 19.1. The van der Waals surface area contributed by atoms with Gasteiger partial charge in [0.05, 0.1) is 18.2 Å². The van der Waals surface area contributed by atoms with Crippen LogP contribution in [0.1, 0.15) is 17.2 Å². The fourth-order valence-electron chi connectivity index (χ4n) is 3.03. The maximum Gasteiger partial charge on any atom is 0.141 e. The first-order valence-corrected chi connectivity index (χ1v) is 8.35. The van der Waals surface area contributed by atoms with E-state index in [2.05, 4.69) is 26.5 Å². The number of hydrogen-bond acceptors (Lipinski definition) is 5. The second kappa shape index (κ2) is 7.08. The first kappa shape index (κ1) is 16.5. The van der Waals surface area contributed by atoms with Crippen LogP contribution < -0.4 is 10.6 Å². The van der Waals surface area contributed by atoms with Gasteiger partial charge in [0.2, 0.25) is 0 Å². The number of nitrogens with zero attached hydrogens (tertiary/aromatic N) is 2. The Morgan fingerprint density at radius 1 is 1.27 bits per heavy atom. The van der Waals surface area contributed by atoms with Crippen LogP contribution in [-0.4, -0.2) is 29.7 Å². The number of halogens is 1. The minimum absolute atomic E-state index is 0.313. The largest absolute Gasteiger partial charge is 0.371 e. The number of morpholine rings is 1. The third-order valence-electron chi connectivity index (χ3n) is 4.32. The molecule has 26 heavy (non-hydrogen) atoms. The van der Waals surface area contributed by atoms with Gasteiger partial charge in [0.15, 0.2) is 0 Å². The molecule has 1 saturated heterocycles. The maximum absolute atomic E-state index is 14.7. The molecule has 6 heteroatoms. The Kier molecular flexibility index (Phi) is 4.48. The van der Waals surface area contributed by atoms with Crippen molar-refractivity contribution in [1.29, 1.82) is 0 Å². The monoisotopic (exact) mass is 348 g/mol. The molecule has 2 aromatic carbocycles. The van der Waals surface area contributed by atoms with Crippen molar-refractivity contribution in [2.24, 2.45) is 0 Å². The molecule has 5 nitrogen and oxygen atoms in total. The van der Waals surface area contributed by atoms with Crippen molar-refractivity contribution in [3.05, 3.63) is 59.7 Å². The summed E-state index contributed by atoms with van der Waals surface area (Å²) in [5.41, 5.74) is 2.69. The molecule has 4 rings (SSSR count). The third kappa shape index (κ3) is 3.23. The molecule has 1 atom stereocenters. The average Bonchev–Trinajstić information content (AvgIpc) is 2.69. The Morgan fingerprint density at radius 2 is 2.19 bits per heavy atom. The van der Waals surface area contributed by atoms with E-state index in [1.165, 1.54) is 12.4 Å². The molecule has 0 aliphatic carbocycles. The van der Waals surface area contributed by atoms with Gasteiger partial charge in [-0.05, 0) is 30.3 Å². The number of ether oxygens (including phenoxy) is 1. The molecule has 0 spiro atoms. The Labute approximate surface area is 150 Å². The van der Waals surface area contributed by atoms with Gasteiger partial charge in [-0.15, -0.1) is 6.42 Å². The molecule has 2 N–H and O–H groups in total. The van der Waals surface area contributed by atoms with Crippen molar-refractivity contribution < 1.29 is 9.13 Å². The highest BCUT2D eigenvalue weighted by Gasteiger charge is 2.21. The summed E-state index contributed by atoms with van der Waals surface area (Å²) in [5.74, 6) is 2.78. The number of rotatable bonds is 3. The number of nitrogens with one attached hydrogen (secondary N) is 2. The molecule has 130 valence electrons. The zero-order valence-electron chi connectivity index (χ0n) is 14.0. The van der Waals surface area contributed by atoms with Crippen LogP contribution in [0.25, 0.3) is 10.9 Å². The first-order chi connectivity index (χ1) is 12.7. The average molecular weight is 348 g/mol. The van der Waals surface area contributed by atoms with Gasteiger partial charge >= 0.3 is 0 Å². The van der Waals surface area contributed by atoms with E-state index in [4.69, 9.17) is 11.2 Å². The Balaban J connectivity index is 1.72. The Hall–Kier alpha value is -3.01. The summed E-state index contributed by atoms with van der Waals surface area (Å²) in [5, 5.41) is 7.00. The normalized spacial score (nSPS) is 17.0. The minimum Gasteiger partial charge on any atom is -0.371 e. The molecule has 1 aromatic heterocycles. The molecular weight excluding hydrogens is 331 g/mol. The number of aromatic nitrogens is 2. The molecule has 0 radical (unpaired) electrons. The zero-order valence-corrected chi connectivity index (χ0v) is 14.0. The lowest BCUT2D eigenvalue weighted by atomic mass is 10.0. The topological polar surface area (TPSA) is 59.1 Å². The summed E-state index contributed by atoms with van der Waals surface area (Å²) in [6, 6.07) is 10.6. The van der Waals surface area contributed by atoms with Crippen molar-refractivity contribution >= 4 is 22.4 Å². The lowest BCUT2D eigenvalue weighted by Gasteiger charge is -2.24. The summed E-state index contributed by atoms with van der Waals surface area (Å²) in [6.45, 7) is 1.92. The number of terminal acetylenes is 1. The minimum atomic E-state index is -0.332. The quantitative estimate of drug-likeness (QED) is 0.712. The number of fused-ring (bicyclic) bond motifs is 1. The summed E-state index contributed by atoms with van der Waals surface area (Å²) in [4.78, 5) is 8.54. The second-order valence-corrected chi connectivity index (χ2v) is 6.03. The second-order valence-electron chi connectivity index (χ2n) is 6.03. The van der Waals surface area contributed by atoms with Crippen LogP contribution in [0.4, 0.5) is 15.9 Å². The van der Waals surface area contributed by atoms with Gasteiger partial charge in [-0.2, -0.15) is 0 Å². The van der Waals surface area contributed by atoms with Gasteiger partial charge in [0.1, 0.15) is 18.0 Å². The molecule has 0 bridgehead atoms. The highest BCUT2D eigenvalue weighted by molar-refractivity contribution is 5.91. The summed E-state index contributed by atoms with van der Waals surface area (Å²) in [6.07, 6.45) is 6.58. The first-order valence-electron chi connectivity index (χ1n) is 8.35. The SMILES string of the molecule is C#Cc1cccc(Nc2ncnc3cc(C4CNCCO4)c(F)cc23)c1. The van der Waals surface area contributed by atoms with Crippen molar-refractivity contribution in [2.75, 3.05) is 25.0 Å². The fourth-order valence-corrected chi connectivity index (χ4v) is 3.03. The maximum atomic E-state index is 14.7. The van der Waals surface area contributed by atoms with E-state index < -0.39 is 0 Å². The molecular formula is C20H17FN4O. The van der Waals surface area contributed by atoms with Crippen LogP contribution in [0.15, 0.2) is 42.7 Å². The van der Waals surface area contributed by atoms with Crippen LogP contribution in [-0.2, 0) is 4.74 Å². The smallest absolute Gasteiger partial charge is 0.141 e. The van der Waals surface area contributed by atoms with Gasteiger partial charge in [0, 0.05) is 35.3 Å². The van der Waals surface area contributed by atoms with Gasteiger partial charge in [0.25, 0.3) is 0 Å². The van der Waals surface area contributed by atoms with Crippen LogP contribution in [0, 0.1) is 18.2 Å². The van der Waals surface area contributed by atoms with E-state index in [0.29, 0.717) is 35.4 Å². The molecule has 1 aliphatic rings. The van der Waals surface area contributed by atoms with Crippen molar-refractivity contribution in [3.8, 4) is 12.3 Å². The van der Waals surface area contributed by atoms with Gasteiger partial charge < -0.3 is 15.4 Å². The summed E-state index contributed by atoms with van der Waals surface area (Å²) < 4.78 is 20.4. The summed E-state index contributed by atoms with van der Waals surface area (Å²) in [7, 11) is 0. The number of benzene rings is 2. The predicted octanol–water partition coefficient (Wildman–Crippen LogP) is 3.15. The summed E-state index contributed by atoms with van der Waals surface area (Å²) >= 11 is 0. The number of anilines is 2. The molecule has 1 fully saturated rings. The molecule has 3 aromatic rings.